The van der Waals surface area contributed by atoms with E-state index in [9.17, 15) is 14.9 Å². The van der Waals surface area contributed by atoms with Gasteiger partial charge < -0.3 is 5.32 Å². The quantitative estimate of drug-likeness (QED) is 0.656. The van der Waals surface area contributed by atoms with E-state index in [1.807, 2.05) is 26.0 Å². The Morgan fingerprint density at radius 3 is 2.48 bits per heavy atom. The number of carbonyl (C=O) groups is 1. The fourth-order valence-corrected chi connectivity index (χ4v) is 4.38. The molecule has 3 aromatic rings. The number of benzene rings is 1. The monoisotopic (exact) mass is 418 g/mol. The Morgan fingerprint density at radius 1 is 1.16 bits per heavy atom. The number of aromatic nitrogens is 4. The first-order chi connectivity index (χ1) is 14.9. The van der Waals surface area contributed by atoms with Crippen LogP contribution in [0.25, 0.3) is 16.7 Å². The first-order valence-electron chi connectivity index (χ1n) is 10.6. The summed E-state index contributed by atoms with van der Waals surface area (Å²) in [5.74, 6) is -0.353. The van der Waals surface area contributed by atoms with Gasteiger partial charge in [-0.15, -0.1) is 0 Å². The van der Waals surface area contributed by atoms with Crippen molar-refractivity contribution in [2.45, 2.75) is 64.5 Å². The van der Waals surface area contributed by atoms with E-state index in [4.69, 9.17) is 0 Å². The van der Waals surface area contributed by atoms with Gasteiger partial charge in [-0.3, -0.25) is 14.2 Å². The summed E-state index contributed by atoms with van der Waals surface area (Å²) < 4.78 is 2.91. The summed E-state index contributed by atoms with van der Waals surface area (Å²) in [6, 6.07) is 8.33. The molecule has 1 aromatic carbocycles. The highest BCUT2D eigenvalue weighted by molar-refractivity contribution is 5.78. The zero-order valence-corrected chi connectivity index (χ0v) is 17.9. The van der Waals surface area contributed by atoms with Gasteiger partial charge in [0.1, 0.15) is 23.8 Å². The highest BCUT2D eigenvalue weighted by Gasteiger charge is 2.32. The minimum absolute atomic E-state index is 0.181. The van der Waals surface area contributed by atoms with E-state index in [-0.39, 0.29) is 18.0 Å². The zero-order chi connectivity index (χ0) is 22.0. The lowest BCUT2D eigenvalue weighted by Gasteiger charge is -2.26. The van der Waals surface area contributed by atoms with E-state index < -0.39 is 5.54 Å². The van der Waals surface area contributed by atoms with Gasteiger partial charge in [-0.05, 0) is 49.9 Å². The molecule has 1 fully saturated rings. The van der Waals surface area contributed by atoms with Crippen LogP contribution in [0.15, 0.2) is 35.5 Å². The fourth-order valence-electron chi connectivity index (χ4n) is 4.38. The summed E-state index contributed by atoms with van der Waals surface area (Å²) >= 11 is 0. The van der Waals surface area contributed by atoms with Gasteiger partial charge in [0.05, 0.1) is 18.0 Å². The van der Waals surface area contributed by atoms with Crippen LogP contribution in [-0.4, -0.2) is 30.8 Å². The van der Waals surface area contributed by atoms with E-state index in [2.05, 4.69) is 27.5 Å². The van der Waals surface area contributed by atoms with Crippen LogP contribution in [0.5, 0.6) is 0 Å². The molecule has 0 atom stereocenters. The van der Waals surface area contributed by atoms with Crippen LogP contribution in [0.4, 0.5) is 0 Å². The molecule has 1 saturated carbocycles. The Hall–Kier alpha value is -3.47. The maximum Gasteiger partial charge on any atom is 0.264 e. The normalized spacial score (nSPS) is 15.9. The molecule has 8 nitrogen and oxygen atoms in total. The smallest absolute Gasteiger partial charge is 0.264 e. The summed E-state index contributed by atoms with van der Waals surface area (Å²) in [6.45, 7) is 3.83. The van der Waals surface area contributed by atoms with Crippen molar-refractivity contribution >= 4 is 16.9 Å². The molecular formula is C23H26N6O2. The number of amides is 1. The van der Waals surface area contributed by atoms with Crippen molar-refractivity contribution < 1.29 is 4.79 Å². The third-order valence-electron chi connectivity index (χ3n) is 5.87. The number of nitrogens with zero attached hydrogens (tertiary/aromatic N) is 5. The molecule has 0 unspecified atom stereocenters. The van der Waals surface area contributed by atoms with E-state index in [1.165, 1.54) is 17.1 Å². The number of aryl methyl sites for hydroxylation is 2. The summed E-state index contributed by atoms with van der Waals surface area (Å²) in [5, 5.41) is 17.3. The lowest BCUT2D eigenvalue weighted by Crippen LogP contribution is -2.48. The first kappa shape index (κ1) is 20.8. The third-order valence-corrected chi connectivity index (χ3v) is 5.87. The predicted molar refractivity (Wildman–Crippen MR) is 117 cm³/mol. The van der Waals surface area contributed by atoms with Crippen molar-refractivity contribution in [1.82, 2.24) is 24.6 Å². The van der Waals surface area contributed by atoms with Gasteiger partial charge >= 0.3 is 0 Å². The molecule has 1 aliphatic carbocycles. The molecule has 0 aliphatic heterocycles. The lowest BCUT2D eigenvalue weighted by molar-refractivity contribution is -0.123. The molecule has 1 N–H and O–H groups in total. The SMILES string of the molecule is Cc1cc(C)cc(-n2ncc3c(=O)n(CC(=O)NC4(C#N)CCCCCC4)cnc32)c1. The van der Waals surface area contributed by atoms with Gasteiger partial charge in [-0.1, -0.05) is 31.7 Å². The maximum absolute atomic E-state index is 13.0. The van der Waals surface area contributed by atoms with Gasteiger partial charge in [0.25, 0.3) is 5.56 Å². The van der Waals surface area contributed by atoms with E-state index in [0.717, 1.165) is 42.5 Å². The molecule has 4 rings (SSSR count). The molecule has 1 amide bonds. The first-order valence-corrected chi connectivity index (χ1v) is 10.6. The summed E-state index contributed by atoms with van der Waals surface area (Å²) in [6.07, 6.45) is 8.12. The number of hydrogen-bond donors (Lipinski definition) is 1. The Labute approximate surface area is 180 Å². The van der Waals surface area contributed by atoms with Crippen LogP contribution in [-0.2, 0) is 11.3 Å². The van der Waals surface area contributed by atoms with Crippen molar-refractivity contribution in [2.24, 2.45) is 0 Å². The molecule has 0 bridgehead atoms. The second-order valence-electron chi connectivity index (χ2n) is 8.47. The minimum Gasteiger partial charge on any atom is -0.336 e. The van der Waals surface area contributed by atoms with Crippen molar-refractivity contribution in [1.29, 1.82) is 5.26 Å². The number of fused-ring (bicyclic) bond motifs is 1. The lowest BCUT2D eigenvalue weighted by atomic mass is 9.92. The fraction of sp³-hybridized carbons (Fsp3) is 0.435. The van der Waals surface area contributed by atoms with Crippen LogP contribution >= 0.6 is 0 Å². The molecule has 0 saturated heterocycles. The Balaban J connectivity index is 1.59. The highest BCUT2D eigenvalue weighted by Crippen LogP contribution is 2.26. The van der Waals surface area contributed by atoms with Gasteiger partial charge in [-0.25, -0.2) is 9.67 Å². The predicted octanol–water partition coefficient (Wildman–Crippen LogP) is 2.93. The largest absolute Gasteiger partial charge is 0.336 e. The van der Waals surface area contributed by atoms with E-state index in [1.54, 1.807) is 4.68 Å². The van der Waals surface area contributed by atoms with Gasteiger partial charge in [0.2, 0.25) is 5.91 Å². The second-order valence-corrected chi connectivity index (χ2v) is 8.47. The number of nitrogens with one attached hydrogen (secondary N) is 1. The molecule has 2 heterocycles. The average molecular weight is 419 g/mol. The van der Waals surface area contributed by atoms with E-state index in [0.29, 0.717) is 23.9 Å². The second kappa shape index (κ2) is 8.34. The molecule has 8 heteroatoms. The number of carbonyl (C=O) groups excluding carboxylic acids is 1. The van der Waals surface area contributed by atoms with Gasteiger partial charge in [-0.2, -0.15) is 10.4 Å². The van der Waals surface area contributed by atoms with Crippen molar-refractivity contribution in [3.63, 3.8) is 0 Å². The molecule has 31 heavy (non-hydrogen) atoms. The Bertz CT molecular complexity index is 1200. The van der Waals surface area contributed by atoms with Crippen molar-refractivity contribution in [3.05, 3.63) is 52.2 Å². The Morgan fingerprint density at radius 2 is 1.84 bits per heavy atom. The van der Waals surface area contributed by atoms with Crippen molar-refractivity contribution in [3.8, 4) is 11.8 Å². The van der Waals surface area contributed by atoms with Crippen LogP contribution in [0.3, 0.4) is 0 Å². The Kier molecular flexibility index (Phi) is 5.59. The zero-order valence-electron chi connectivity index (χ0n) is 17.9. The minimum atomic E-state index is -0.845. The van der Waals surface area contributed by atoms with Crippen LogP contribution in [0.1, 0.15) is 49.7 Å². The summed E-state index contributed by atoms with van der Waals surface area (Å²) in [5.41, 5.74) is 2.29. The molecular weight excluding hydrogens is 392 g/mol. The standard InChI is InChI=1S/C23H26N6O2/c1-16-9-17(2)11-18(10-16)29-21-19(12-26-29)22(31)28(15-25-21)13-20(30)27-23(14-24)7-5-3-4-6-8-23/h9-12,15H,3-8,13H2,1-2H3,(H,27,30). The highest BCUT2D eigenvalue weighted by atomic mass is 16.2. The molecule has 0 radical (unpaired) electrons. The molecule has 160 valence electrons. The topological polar surface area (TPSA) is 106 Å². The number of rotatable bonds is 4. The van der Waals surface area contributed by atoms with Crippen molar-refractivity contribution in [2.75, 3.05) is 0 Å². The third kappa shape index (κ3) is 4.22. The maximum atomic E-state index is 13.0. The average Bonchev–Trinajstić information content (AvgIpc) is 3.03. The molecule has 2 aromatic heterocycles. The van der Waals surface area contributed by atoms with Crippen LogP contribution < -0.4 is 10.9 Å². The van der Waals surface area contributed by atoms with Gasteiger partial charge in [0.15, 0.2) is 5.65 Å². The molecule has 1 aliphatic rings. The van der Waals surface area contributed by atoms with E-state index >= 15 is 0 Å². The van der Waals surface area contributed by atoms with Crippen LogP contribution in [0.2, 0.25) is 0 Å². The molecule has 0 spiro atoms. The number of nitriles is 1. The summed E-state index contributed by atoms with van der Waals surface area (Å²) in [7, 11) is 0. The number of hydrogen-bond acceptors (Lipinski definition) is 5. The summed E-state index contributed by atoms with van der Waals surface area (Å²) in [4.78, 5) is 30.0. The van der Waals surface area contributed by atoms with Crippen LogP contribution in [0, 0.1) is 25.2 Å². The van der Waals surface area contributed by atoms with Gasteiger partial charge in [0, 0.05) is 0 Å².